The summed E-state index contributed by atoms with van der Waals surface area (Å²) < 4.78 is 7.21. The Kier molecular flexibility index (Phi) is 5.02. The second kappa shape index (κ2) is 6.57. The SMILES string of the molecule is COC(=O)C(CC1CCCC1)n1c(C)cc(Br)cc1=O. The molecule has 0 N–H and O–H groups in total. The van der Waals surface area contributed by atoms with Crippen molar-refractivity contribution in [1.29, 1.82) is 0 Å². The van der Waals surface area contributed by atoms with Gasteiger partial charge in [-0.05, 0) is 25.3 Å². The van der Waals surface area contributed by atoms with Gasteiger partial charge >= 0.3 is 5.97 Å². The fourth-order valence-electron chi connectivity index (χ4n) is 3.08. The number of nitrogens with zero attached hydrogens (tertiary/aromatic N) is 1. The van der Waals surface area contributed by atoms with E-state index in [1.54, 1.807) is 4.57 Å². The summed E-state index contributed by atoms with van der Waals surface area (Å²) in [6, 6.07) is 2.84. The summed E-state index contributed by atoms with van der Waals surface area (Å²) in [5.74, 6) is 0.179. The van der Waals surface area contributed by atoms with Gasteiger partial charge in [0.05, 0.1) is 7.11 Å². The fourth-order valence-corrected chi connectivity index (χ4v) is 3.60. The molecule has 1 aliphatic rings. The number of halogens is 1. The number of pyridine rings is 1. The van der Waals surface area contributed by atoms with E-state index in [2.05, 4.69) is 15.9 Å². The van der Waals surface area contributed by atoms with Crippen LogP contribution in [-0.4, -0.2) is 17.6 Å². The first-order valence-corrected chi connectivity index (χ1v) is 7.78. The van der Waals surface area contributed by atoms with Gasteiger partial charge in [0, 0.05) is 16.2 Å². The van der Waals surface area contributed by atoms with Gasteiger partial charge in [-0.15, -0.1) is 0 Å². The predicted octanol–water partition coefficient (Wildman–Crippen LogP) is 3.21. The van der Waals surface area contributed by atoms with E-state index in [4.69, 9.17) is 4.74 Å². The van der Waals surface area contributed by atoms with E-state index in [-0.39, 0.29) is 11.5 Å². The third-order valence-corrected chi connectivity index (χ3v) is 4.50. The number of ether oxygens (including phenoxy) is 1. The summed E-state index contributed by atoms with van der Waals surface area (Å²) in [5.41, 5.74) is 0.614. The molecule has 1 unspecified atom stereocenters. The maximum atomic E-state index is 12.2. The second-order valence-electron chi connectivity index (χ2n) is 5.45. The topological polar surface area (TPSA) is 48.3 Å². The average molecular weight is 342 g/mol. The van der Waals surface area contributed by atoms with Crippen molar-refractivity contribution in [2.75, 3.05) is 7.11 Å². The third-order valence-electron chi connectivity index (χ3n) is 4.04. The smallest absolute Gasteiger partial charge is 0.328 e. The van der Waals surface area contributed by atoms with E-state index >= 15 is 0 Å². The highest BCUT2D eigenvalue weighted by molar-refractivity contribution is 9.10. The first-order chi connectivity index (χ1) is 9.52. The van der Waals surface area contributed by atoms with Crippen LogP contribution in [0.5, 0.6) is 0 Å². The van der Waals surface area contributed by atoms with Crippen LogP contribution in [0.2, 0.25) is 0 Å². The quantitative estimate of drug-likeness (QED) is 0.790. The Labute approximate surface area is 127 Å². The standard InChI is InChI=1S/C15H20BrNO3/c1-10-7-12(16)9-14(18)17(10)13(15(19)20-2)8-11-5-3-4-6-11/h7,9,11,13H,3-6,8H2,1-2H3. The molecule has 110 valence electrons. The molecule has 0 bridgehead atoms. The fraction of sp³-hybridized carbons (Fsp3) is 0.600. The number of carbonyl (C=O) groups excluding carboxylic acids is 1. The average Bonchev–Trinajstić information content (AvgIpc) is 2.88. The summed E-state index contributed by atoms with van der Waals surface area (Å²) in [4.78, 5) is 24.3. The maximum Gasteiger partial charge on any atom is 0.328 e. The molecule has 0 aromatic carbocycles. The molecule has 0 aliphatic heterocycles. The van der Waals surface area contributed by atoms with E-state index in [0.717, 1.165) is 23.0 Å². The highest BCUT2D eigenvalue weighted by Crippen LogP contribution is 2.32. The van der Waals surface area contributed by atoms with Crippen LogP contribution in [0.1, 0.15) is 43.8 Å². The van der Waals surface area contributed by atoms with Crippen LogP contribution in [0.15, 0.2) is 21.4 Å². The number of aromatic nitrogens is 1. The predicted molar refractivity (Wildman–Crippen MR) is 80.8 cm³/mol. The van der Waals surface area contributed by atoms with Crippen molar-refractivity contribution >= 4 is 21.9 Å². The van der Waals surface area contributed by atoms with E-state index in [9.17, 15) is 9.59 Å². The van der Waals surface area contributed by atoms with Crippen LogP contribution in [0, 0.1) is 12.8 Å². The molecule has 20 heavy (non-hydrogen) atoms. The van der Waals surface area contributed by atoms with Crippen molar-refractivity contribution < 1.29 is 9.53 Å². The minimum absolute atomic E-state index is 0.162. The molecule has 0 saturated heterocycles. The normalized spacial score (nSPS) is 17.1. The van der Waals surface area contributed by atoms with Crippen molar-refractivity contribution in [3.63, 3.8) is 0 Å². The van der Waals surface area contributed by atoms with E-state index in [1.807, 2.05) is 13.0 Å². The number of esters is 1. The van der Waals surface area contributed by atoms with Gasteiger partial charge in [0.15, 0.2) is 0 Å². The van der Waals surface area contributed by atoms with Gasteiger partial charge in [-0.1, -0.05) is 41.6 Å². The summed E-state index contributed by atoms with van der Waals surface area (Å²) >= 11 is 3.31. The maximum absolute atomic E-state index is 12.2. The molecular formula is C15H20BrNO3. The number of carbonyl (C=O) groups is 1. The van der Waals surface area contributed by atoms with Gasteiger partial charge in [0.2, 0.25) is 0 Å². The monoisotopic (exact) mass is 341 g/mol. The van der Waals surface area contributed by atoms with Gasteiger partial charge in [-0.25, -0.2) is 4.79 Å². The highest BCUT2D eigenvalue weighted by Gasteiger charge is 2.28. The lowest BCUT2D eigenvalue weighted by Gasteiger charge is -2.22. The molecule has 1 heterocycles. The molecule has 5 heteroatoms. The zero-order valence-corrected chi connectivity index (χ0v) is 13.5. The lowest BCUT2D eigenvalue weighted by atomic mass is 9.98. The van der Waals surface area contributed by atoms with Crippen molar-refractivity contribution in [3.8, 4) is 0 Å². The Hall–Kier alpha value is -1.10. The van der Waals surface area contributed by atoms with Gasteiger partial charge in [0.1, 0.15) is 6.04 Å². The molecule has 0 radical (unpaired) electrons. The van der Waals surface area contributed by atoms with Gasteiger partial charge in [0.25, 0.3) is 5.56 Å². The van der Waals surface area contributed by atoms with Gasteiger partial charge in [-0.3, -0.25) is 9.36 Å². The molecule has 2 rings (SSSR count). The van der Waals surface area contributed by atoms with Gasteiger partial charge in [-0.2, -0.15) is 0 Å². The molecule has 4 nitrogen and oxygen atoms in total. The van der Waals surface area contributed by atoms with Crippen LogP contribution in [0.25, 0.3) is 0 Å². The van der Waals surface area contributed by atoms with Gasteiger partial charge < -0.3 is 4.74 Å². The summed E-state index contributed by atoms with van der Waals surface area (Å²) in [7, 11) is 1.38. The molecule has 1 atom stereocenters. The first kappa shape index (κ1) is 15.3. The van der Waals surface area contributed by atoms with Crippen molar-refractivity contribution in [2.24, 2.45) is 5.92 Å². The zero-order valence-electron chi connectivity index (χ0n) is 11.9. The van der Waals surface area contributed by atoms with Crippen LogP contribution in [0.3, 0.4) is 0 Å². The first-order valence-electron chi connectivity index (χ1n) is 6.99. The summed E-state index contributed by atoms with van der Waals surface area (Å²) in [5, 5.41) is 0. The minimum Gasteiger partial charge on any atom is -0.467 e. The van der Waals surface area contributed by atoms with E-state index in [0.29, 0.717) is 12.3 Å². The van der Waals surface area contributed by atoms with Crippen LogP contribution in [-0.2, 0) is 9.53 Å². The van der Waals surface area contributed by atoms with Crippen molar-refractivity contribution in [3.05, 3.63) is 32.7 Å². The number of hydrogen-bond donors (Lipinski definition) is 0. The summed E-state index contributed by atoms with van der Waals surface area (Å²) in [6.45, 7) is 1.84. The Morgan fingerprint density at radius 3 is 2.65 bits per heavy atom. The Balaban J connectivity index is 2.35. The van der Waals surface area contributed by atoms with E-state index < -0.39 is 6.04 Å². The Morgan fingerprint density at radius 2 is 2.10 bits per heavy atom. The second-order valence-corrected chi connectivity index (χ2v) is 6.36. The third kappa shape index (κ3) is 3.32. The van der Waals surface area contributed by atoms with Crippen molar-refractivity contribution in [2.45, 2.75) is 45.1 Å². The molecule has 1 saturated carbocycles. The lowest BCUT2D eigenvalue weighted by molar-refractivity contribution is -0.145. The van der Waals surface area contributed by atoms with E-state index in [1.165, 1.54) is 26.0 Å². The molecule has 1 aromatic heterocycles. The van der Waals surface area contributed by atoms with Crippen LogP contribution in [0.4, 0.5) is 0 Å². The van der Waals surface area contributed by atoms with Crippen molar-refractivity contribution in [1.82, 2.24) is 4.57 Å². The number of hydrogen-bond acceptors (Lipinski definition) is 3. The molecular weight excluding hydrogens is 322 g/mol. The zero-order chi connectivity index (χ0) is 14.7. The van der Waals surface area contributed by atoms with Crippen LogP contribution < -0.4 is 5.56 Å². The molecule has 0 spiro atoms. The van der Waals surface area contributed by atoms with Crippen LogP contribution >= 0.6 is 15.9 Å². The Morgan fingerprint density at radius 1 is 1.45 bits per heavy atom. The summed E-state index contributed by atoms with van der Waals surface area (Å²) in [6.07, 6.45) is 5.39. The number of methoxy groups -OCH3 is 1. The number of aryl methyl sites for hydroxylation is 1. The molecule has 1 aromatic rings. The number of rotatable bonds is 4. The minimum atomic E-state index is -0.510. The lowest BCUT2D eigenvalue weighted by Crippen LogP contribution is -2.33. The highest BCUT2D eigenvalue weighted by atomic mass is 79.9. The largest absolute Gasteiger partial charge is 0.467 e. The Bertz CT molecular complexity index is 547. The molecule has 1 aliphatic carbocycles. The molecule has 0 amide bonds. The molecule has 1 fully saturated rings.